The maximum absolute atomic E-state index is 13.3. The van der Waals surface area contributed by atoms with Gasteiger partial charge in [-0.2, -0.15) is 0 Å². The number of nitrogens with one attached hydrogen (secondary N) is 4. The Labute approximate surface area is 113 Å². The van der Waals surface area contributed by atoms with Crippen molar-refractivity contribution in [1.29, 1.82) is 0 Å². The summed E-state index contributed by atoms with van der Waals surface area (Å²) in [5, 5.41) is 5.11. The van der Waals surface area contributed by atoms with E-state index in [0.717, 1.165) is 0 Å². The van der Waals surface area contributed by atoms with Crippen molar-refractivity contribution in [2.24, 2.45) is 0 Å². The molecule has 0 saturated carbocycles. The third kappa shape index (κ3) is 4.19. The Bertz CT molecular complexity index is 486. The van der Waals surface area contributed by atoms with Gasteiger partial charge in [-0.15, -0.1) is 11.8 Å². The molecule has 0 bridgehead atoms. The molecule has 4 N–H and O–H groups in total. The largest absolute Gasteiger partial charge is 0.330 e. The highest BCUT2D eigenvalue weighted by Crippen LogP contribution is 2.13. The minimum Gasteiger partial charge on any atom is -0.330 e. The quantitative estimate of drug-likeness (QED) is 0.626. The van der Waals surface area contributed by atoms with Crippen molar-refractivity contribution in [3.05, 3.63) is 30.1 Å². The molecule has 1 aliphatic heterocycles. The summed E-state index contributed by atoms with van der Waals surface area (Å²) in [6.07, 6.45) is 0. The van der Waals surface area contributed by atoms with Gasteiger partial charge in [-0.25, -0.2) is 15.2 Å². The van der Waals surface area contributed by atoms with Crippen molar-refractivity contribution < 1.29 is 14.0 Å². The lowest BCUT2D eigenvalue weighted by molar-refractivity contribution is -0.122. The summed E-state index contributed by atoms with van der Waals surface area (Å²) >= 11 is 1.19. The topological polar surface area (TPSA) is 82.3 Å². The number of rotatable bonds is 4. The number of para-hydroxylation sites is 1. The lowest BCUT2D eigenvalue weighted by Gasteiger charge is -2.24. The minimum absolute atomic E-state index is 0.0912. The highest BCUT2D eigenvalue weighted by molar-refractivity contribution is 8.00. The van der Waals surface area contributed by atoms with Crippen LogP contribution in [0.2, 0.25) is 0 Å². The van der Waals surface area contributed by atoms with Crippen LogP contribution in [0.15, 0.2) is 24.3 Å². The van der Waals surface area contributed by atoms with Gasteiger partial charge in [-0.3, -0.25) is 9.59 Å². The molecule has 8 heteroatoms. The normalized spacial score (nSPS) is 18.8. The van der Waals surface area contributed by atoms with E-state index in [2.05, 4.69) is 21.5 Å². The van der Waals surface area contributed by atoms with Crippen LogP contribution in [0.1, 0.15) is 0 Å². The molecule has 0 aliphatic carbocycles. The molecule has 0 radical (unpaired) electrons. The number of hydrazine groups is 1. The molecule has 6 nitrogen and oxygen atoms in total. The maximum atomic E-state index is 13.3. The number of benzene rings is 1. The van der Waals surface area contributed by atoms with Crippen molar-refractivity contribution in [3.63, 3.8) is 0 Å². The number of halogens is 1. The maximum Gasteiger partial charge on any atom is 0.237 e. The fourth-order valence-corrected chi connectivity index (χ4v) is 2.22. The van der Waals surface area contributed by atoms with E-state index < -0.39 is 5.82 Å². The standard InChI is InChI=1S/C11H13FN4O2S/c12-7-3-1-2-4-8(7)14-10(18)6-19-11-15-9(17)5-13-16-11/h1-4,11,13,16H,5-6H2,(H,14,18)(H,15,17). The number of thioether (sulfide) groups is 1. The highest BCUT2D eigenvalue weighted by Gasteiger charge is 2.18. The fraction of sp³-hybridized carbons (Fsp3) is 0.273. The van der Waals surface area contributed by atoms with Gasteiger partial charge in [0.1, 0.15) is 11.3 Å². The fourth-order valence-electron chi connectivity index (χ4n) is 1.45. The van der Waals surface area contributed by atoms with E-state index in [1.165, 1.54) is 23.9 Å². The van der Waals surface area contributed by atoms with Crippen LogP contribution in [0, 0.1) is 5.82 Å². The van der Waals surface area contributed by atoms with E-state index in [0.29, 0.717) is 0 Å². The first-order valence-corrected chi connectivity index (χ1v) is 6.64. The molecule has 1 aromatic carbocycles. The first-order valence-electron chi connectivity index (χ1n) is 5.59. The number of hydrogen-bond donors (Lipinski definition) is 4. The monoisotopic (exact) mass is 284 g/mol. The second-order valence-corrected chi connectivity index (χ2v) is 4.88. The summed E-state index contributed by atoms with van der Waals surface area (Å²) in [7, 11) is 0. The average molecular weight is 284 g/mol. The molecule has 1 unspecified atom stereocenters. The number of carbonyl (C=O) groups is 2. The third-order valence-corrected chi connectivity index (χ3v) is 3.30. The zero-order valence-electron chi connectivity index (χ0n) is 9.90. The number of amides is 2. The first kappa shape index (κ1) is 13.8. The predicted octanol–water partition coefficient (Wildman–Crippen LogP) is 0.00500. The molecule has 1 aliphatic rings. The van der Waals surface area contributed by atoms with E-state index in [1.807, 2.05) is 0 Å². The van der Waals surface area contributed by atoms with Gasteiger partial charge < -0.3 is 10.6 Å². The summed E-state index contributed by atoms with van der Waals surface area (Å²) in [6.45, 7) is 0.193. The molecule has 1 saturated heterocycles. The SMILES string of the molecule is O=C(CSC1NNCC(=O)N1)Nc1ccccc1F. The van der Waals surface area contributed by atoms with Crippen LogP contribution in [0.3, 0.4) is 0 Å². The van der Waals surface area contributed by atoms with Crippen LogP contribution in [-0.4, -0.2) is 29.6 Å². The van der Waals surface area contributed by atoms with Gasteiger partial charge in [-0.05, 0) is 12.1 Å². The van der Waals surface area contributed by atoms with Crippen LogP contribution in [0.4, 0.5) is 10.1 Å². The number of carbonyl (C=O) groups excluding carboxylic acids is 2. The summed E-state index contributed by atoms with van der Waals surface area (Å²) in [5.74, 6) is -0.873. The molecule has 1 aromatic rings. The summed E-state index contributed by atoms with van der Waals surface area (Å²) in [5.41, 5.74) is 5.26. The van der Waals surface area contributed by atoms with Gasteiger partial charge in [0.05, 0.1) is 18.0 Å². The Morgan fingerprint density at radius 3 is 3.00 bits per heavy atom. The van der Waals surface area contributed by atoms with Crippen LogP contribution in [0.25, 0.3) is 0 Å². The van der Waals surface area contributed by atoms with Gasteiger partial charge in [-0.1, -0.05) is 12.1 Å². The number of hydrogen-bond acceptors (Lipinski definition) is 5. The van der Waals surface area contributed by atoms with Gasteiger partial charge >= 0.3 is 0 Å². The first-order chi connectivity index (χ1) is 9.15. The lowest BCUT2D eigenvalue weighted by Crippen LogP contribution is -2.58. The zero-order valence-corrected chi connectivity index (χ0v) is 10.7. The van der Waals surface area contributed by atoms with E-state index in [9.17, 15) is 14.0 Å². The van der Waals surface area contributed by atoms with Crippen molar-refractivity contribution in [2.45, 2.75) is 5.50 Å². The summed E-state index contributed by atoms with van der Waals surface area (Å²) in [6, 6.07) is 5.95. The van der Waals surface area contributed by atoms with Crippen LogP contribution < -0.4 is 21.5 Å². The Kier molecular flexibility index (Phi) is 4.72. The lowest BCUT2D eigenvalue weighted by atomic mass is 10.3. The van der Waals surface area contributed by atoms with E-state index in [1.54, 1.807) is 12.1 Å². The van der Waals surface area contributed by atoms with E-state index >= 15 is 0 Å². The van der Waals surface area contributed by atoms with Crippen molar-refractivity contribution in [2.75, 3.05) is 17.6 Å². The predicted molar refractivity (Wildman–Crippen MR) is 70.6 cm³/mol. The minimum atomic E-state index is -0.480. The molecule has 102 valence electrons. The molecule has 1 atom stereocenters. The second-order valence-electron chi connectivity index (χ2n) is 3.78. The average Bonchev–Trinajstić information content (AvgIpc) is 2.39. The van der Waals surface area contributed by atoms with Crippen LogP contribution >= 0.6 is 11.8 Å². The van der Waals surface area contributed by atoms with Crippen LogP contribution in [-0.2, 0) is 9.59 Å². The molecule has 19 heavy (non-hydrogen) atoms. The Morgan fingerprint density at radius 2 is 2.26 bits per heavy atom. The van der Waals surface area contributed by atoms with Crippen molar-refractivity contribution >= 4 is 29.3 Å². The molecule has 2 amide bonds. The summed E-state index contributed by atoms with van der Waals surface area (Å²) in [4.78, 5) is 22.7. The smallest absolute Gasteiger partial charge is 0.237 e. The molecule has 1 heterocycles. The third-order valence-electron chi connectivity index (χ3n) is 2.30. The van der Waals surface area contributed by atoms with Gasteiger partial charge in [0.2, 0.25) is 11.8 Å². The van der Waals surface area contributed by atoms with E-state index in [4.69, 9.17) is 0 Å². The molecule has 0 spiro atoms. The van der Waals surface area contributed by atoms with E-state index in [-0.39, 0.29) is 35.3 Å². The zero-order chi connectivity index (χ0) is 13.7. The van der Waals surface area contributed by atoms with Crippen molar-refractivity contribution in [1.82, 2.24) is 16.2 Å². The summed E-state index contributed by atoms with van der Waals surface area (Å²) < 4.78 is 13.3. The Morgan fingerprint density at radius 1 is 1.47 bits per heavy atom. The molecule has 1 fully saturated rings. The second kappa shape index (κ2) is 6.50. The van der Waals surface area contributed by atoms with Gasteiger partial charge in [0.15, 0.2) is 0 Å². The Hall–Kier alpha value is -1.64. The highest BCUT2D eigenvalue weighted by atomic mass is 32.2. The van der Waals surface area contributed by atoms with Gasteiger partial charge in [0, 0.05) is 0 Å². The molecular weight excluding hydrogens is 271 g/mol. The number of anilines is 1. The molecular formula is C11H13FN4O2S. The Balaban J connectivity index is 1.78. The van der Waals surface area contributed by atoms with Crippen molar-refractivity contribution in [3.8, 4) is 0 Å². The van der Waals surface area contributed by atoms with Crippen LogP contribution in [0.5, 0.6) is 0 Å². The van der Waals surface area contributed by atoms with Gasteiger partial charge in [0.25, 0.3) is 0 Å². The molecule has 0 aromatic heterocycles. The molecule has 2 rings (SSSR count).